The summed E-state index contributed by atoms with van der Waals surface area (Å²) in [5.41, 5.74) is 11.0. The van der Waals surface area contributed by atoms with Crippen LogP contribution in [0.4, 0.5) is 11.4 Å². The van der Waals surface area contributed by atoms with Crippen molar-refractivity contribution in [3.8, 4) is 11.5 Å². The van der Waals surface area contributed by atoms with Crippen molar-refractivity contribution in [3.63, 3.8) is 0 Å². The van der Waals surface area contributed by atoms with Crippen molar-refractivity contribution >= 4 is 22.9 Å². The molecule has 2 aromatic carbocycles. The van der Waals surface area contributed by atoms with Crippen molar-refractivity contribution < 1.29 is 19.8 Å². The number of nitrogen functional groups attached to an aromatic ring is 2. The molecule has 1 aliphatic carbocycles. The fourth-order valence-electron chi connectivity index (χ4n) is 2.41. The first-order chi connectivity index (χ1) is 10.4. The van der Waals surface area contributed by atoms with E-state index in [1.165, 1.54) is 24.3 Å². The summed E-state index contributed by atoms with van der Waals surface area (Å²) >= 11 is 0. The van der Waals surface area contributed by atoms with Crippen LogP contribution in [-0.4, -0.2) is 21.8 Å². The van der Waals surface area contributed by atoms with Crippen molar-refractivity contribution in [2.75, 3.05) is 11.5 Å². The topological polar surface area (TPSA) is 127 Å². The van der Waals surface area contributed by atoms with Crippen LogP contribution in [0.15, 0.2) is 24.3 Å². The fourth-order valence-corrected chi connectivity index (χ4v) is 2.41. The van der Waals surface area contributed by atoms with E-state index in [1.54, 1.807) is 0 Å². The fraction of sp³-hybridized carbons (Fsp3) is 0.125. The zero-order valence-electron chi connectivity index (χ0n) is 12.2. The van der Waals surface area contributed by atoms with E-state index in [0.717, 1.165) is 0 Å². The van der Waals surface area contributed by atoms with Gasteiger partial charge in [-0.2, -0.15) is 0 Å². The zero-order chi connectivity index (χ0) is 16.6. The summed E-state index contributed by atoms with van der Waals surface area (Å²) in [6, 6.07) is 5.13. The highest BCUT2D eigenvalue weighted by atomic mass is 16.3. The predicted molar refractivity (Wildman–Crippen MR) is 83.3 cm³/mol. The van der Waals surface area contributed by atoms with Crippen molar-refractivity contribution in [2.24, 2.45) is 0 Å². The van der Waals surface area contributed by atoms with Crippen LogP contribution in [0.5, 0.6) is 11.5 Å². The standard InChI is InChI=1S/C14H10N2O4.C2H6/c15-5-1-3-7(17)11-9(5)13(19)12-8(18)4-2-6(16)10(12)14(11)20;1-2/h1-4,17-18H,15-16H2;1-2H3. The van der Waals surface area contributed by atoms with Gasteiger partial charge in [0.1, 0.15) is 11.5 Å². The molecule has 3 rings (SSSR count). The molecule has 0 amide bonds. The first-order valence-corrected chi connectivity index (χ1v) is 6.75. The van der Waals surface area contributed by atoms with E-state index in [0.29, 0.717) is 0 Å². The van der Waals surface area contributed by atoms with Gasteiger partial charge < -0.3 is 21.7 Å². The highest BCUT2D eigenvalue weighted by molar-refractivity contribution is 6.33. The van der Waals surface area contributed by atoms with E-state index in [1.807, 2.05) is 13.8 Å². The molecule has 0 spiro atoms. The molecule has 22 heavy (non-hydrogen) atoms. The molecule has 0 radical (unpaired) electrons. The number of phenolic OH excluding ortho intramolecular Hbond substituents is 2. The molecule has 0 saturated carbocycles. The molecule has 6 nitrogen and oxygen atoms in total. The third kappa shape index (κ3) is 1.96. The number of ketones is 2. The number of anilines is 2. The second-order valence-corrected chi connectivity index (χ2v) is 4.51. The van der Waals surface area contributed by atoms with Crippen LogP contribution in [0.2, 0.25) is 0 Å². The number of carbonyl (C=O) groups is 2. The first-order valence-electron chi connectivity index (χ1n) is 6.75. The predicted octanol–water partition coefficient (Wildman–Crippen LogP) is 2.06. The van der Waals surface area contributed by atoms with Crippen LogP contribution in [0.1, 0.15) is 45.7 Å². The van der Waals surface area contributed by atoms with Crippen molar-refractivity contribution in [1.82, 2.24) is 0 Å². The van der Waals surface area contributed by atoms with Gasteiger partial charge in [0.25, 0.3) is 0 Å². The molecule has 0 bridgehead atoms. The second kappa shape index (κ2) is 5.40. The maximum Gasteiger partial charge on any atom is 0.200 e. The Morgan fingerprint density at radius 2 is 1.00 bits per heavy atom. The summed E-state index contributed by atoms with van der Waals surface area (Å²) in [4.78, 5) is 24.9. The summed E-state index contributed by atoms with van der Waals surface area (Å²) in [6.45, 7) is 4.00. The number of hydrogen-bond donors (Lipinski definition) is 4. The monoisotopic (exact) mass is 300 g/mol. The lowest BCUT2D eigenvalue weighted by atomic mass is 9.81. The molecule has 6 N–H and O–H groups in total. The lowest BCUT2D eigenvalue weighted by molar-refractivity contribution is 0.0975. The maximum atomic E-state index is 12.4. The normalized spacial score (nSPS) is 12.1. The lowest BCUT2D eigenvalue weighted by Gasteiger charge is -2.21. The molecule has 0 fully saturated rings. The number of rotatable bonds is 0. The van der Waals surface area contributed by atoms with E-state index in [2.05, 4.69) is 0 Å². The second-order valence-electron chi connectivity index (χ2n) is 4.51. The largest absolute Gasteiger partial charge is 0.507 e. The van der Waals surface area contributed by atoms with Gasteiger partial charge >= 0.3 is 0 Å². The Balaban J connectivity index is 0.000000847. The van der Waals surface area contributed by atoms with Crippen LogP contribution in [0.3, 0.4) is 0 Å². The minimum Gasteiger partial charge on any atom is -0.507 e. The molecule has 0 aliphatic heterocycles. The number of hydrogen-bond acceptors (Lipinski definition) is 6. The Morgan fingerprint density at radius 3 is 1.32 bits per heavy atom. The van der Waals surface area contributed by atoms with Crippen LogP contribution in [0, 0.1) is 0 Å². The zero-order valence-corrected chi connectivity index (χ0v) is 12.2. The van der Waals surface area contributed by atoms with Crippen molar-refractivity contribution in [1.29, 1.82) is 0 Å². The average Bonchev–Trinajstić information content (AvgIpc) is 2.51. The number of benzene rings is 2. The third-order valence-electron chi connectivity index (χ3n) is 3.34. The molecule has 0 atom stereocenters. The van der Waals surface area contributed by atoms with E-state index >= 15 is 0 Å². The molecular formula is C16H16N2O4. The Kier molecular flexibility index (Phi) is 3.77. The smallest absolute Gasteiger partial charge is 0.200 e. The Bertz CT molecular complexity index is 668. The minimum absolute atomic E-state index is 0.0589. The van der Waals surface area contributed by atoms with Gasteiger partial charge in [-0.3, -0.25) is 9.59 Å². The van der Waals surface area contributed by atoms with Crippen LogP contribution in [0.25, 0.3) is 0 Å². The van der Waals surface area contributed by atoms with Crippen LogP contribution in [-0.2, 0) is 0 Å². The highest BCUT2D eigenvalue weighted by Gasteiger charge is 2.36. The Labute approximate surface area is 127 Å². The number of fused-ring (bicyclic) bond motifs is 2. The summed E-state index contributed by atoms with van der Waals surface area (Å²) in [7, 11) is 0. The number of phenols is 2. The molecule has 0 unspecified atom stereocenters. The SMILES string of the molecule is CC.Nc1ccc(O)c2c1C(=O)c1c(O)ccc(N)c1C2=O. The molecule has 0 saturated heterocycles. The lowest BCUT2D eigenvalue weighted by Crippen LogP contribution is -2.24. The quantitative estimate of drug-likeness (QED) is 0.372. The van der Waals surface area contributed by atoms with Gasteiger partial charge in [-0.25, -0.2) is 0 Å². The van der Waals surface area contributed by atoms with E-state index in [9.17, 15) is 19.8 Å². The van der Waals surface area contributed by atoms with Gasteiger partial charge in [0, 0.05) is 11.4 Å². The molecule has 2 aromatic rings. The van der Waals surface area contributed by atoms with Gasteiger partial charge in [0.15, 0.2) is 0 Å². The van der Waals surface area contributed by atoms with Gasteiger partial charge in [-0.1, -0.05) is 13.8 Å². The third-order valence-corrected chi connectivity index (χ3v) is 3.34. The maximum absolute atomic E-state index is 12.4. The highest BCUT2D eigenvalue weighted by Crippen LogP contribution is 2.40. The molecule has 0 heterocycles. The van der Waals surface area contributed by atoms with Gasteiger partial charge in [0.05, 0.1) is 22.3 Å². The molecule has 0 aromatic heterocycles. The van der Waals surface area contributed by atoms with Crippen molar-refractivity contribution in [3.05, 3.63) is 46.5 Å². The van der Waals surface area contributed by atoms with Crippen LogP contribution >= 0.6 is 0 Å². The summed E-state index contributed by atoms with van der Waals surface area (Å²) in [6.07, 6.45) is 0. The number of nitrogens with two attached hydrogens (primary N) is 2. The summed E-state index contributed by atoms with van der Waals surface area (Å²) in [5, 5.41) is 19.6. The van der Waals surface area contributed by atoms with Crippen LogP contribution < -0.4 is 11.5 Å². The van der Waals surface area contributed by atoms with E-state index < -0.39 is 11.6 Å². The Morgan fingerprint density at radius 1 is 0.682 bits per heavy atom. The molecule has 114 valence electrons. The van der Waals surface area contributed by atoms with Gasteiger partial charge in [-0.15, -0.1) is 0 Å². The van der Waals surface area contributed by atoms with E-state index in [4.69, 9.17) is 11.5 Å². The molecular weight excluding hydrogens is 284 g/mol. The van der Waals surface area contributed by atoms with Gasteiger partial charge in [-0.05, 0) is 24.3 Å². The number of aromatic hydroxyl groups is 2. The summed E-state index contributed by atoms with van der Waals surface area (Å²) < 4.78 is 0. The first kappa shape index (κ1) is 15.4. The van der Waals surface area contributed by atoms with E-state index in [-0.39, 0.29) is 45.1 Å². The summed E-state index contributed by atoms with van der Waals surface area (Å²) in [5.74, 6) is -1.96. The molecule has 6 heteroatoms. The Hall–Kier alpha value is -3.02. The minimum atomic E-state index is -0.632. The van der Waals surface area contributed by atoms with Gasteiger partial charge in [0.2, 0.25) is 11.6 Å². The average molecular weight is 300 g/mol. The number of carbonyl (C=O) groups excluding carboxylic acids is 2. The molecule has 1 aliphatic rings. The van der Waals surface area contributed by atoms with Crippen molar-refractivity contribution in [2.45, 2.75) is 13.8 Å².